The molecule has 3 nitrogen and oxygen atoms in total. The third-order valence-electron chi connectivity index (χ3n) is 3.22. The van der Waals surface area contributed by atoms with E-state index < -0.39 is 0 Å². The summed E-state index contributed by atoms with van der Waals surface area (Å²) in [5.41, 5.74) is 1.35. The number of nitrogens with one attached hydrogen (secondary N) is 1. The van der Waals surface area contributed by atoms with Gasteiger partial charge in [0.1, 0.15) is 0 Å². The van der Waals surface area contributed by atoms with Gasteiger partial charge in [-0.3, -0.25) is 9.88 Å². The zero-order chi connectivity index (χ0) is 13.2. The maximum absolute atomic E-state index is 4.06. The molecule has 0 aromatic carbocycles. The summed E-state index contributed by atoms with van der Waals surface area (Å²) in [6.45, 7) is 11.1. The van der Waals surface area contributed by atoms with Crippen molar-refractivity contribution in [1.29, 1.82) is 0 Å². The predicted octanol–water partition coefficient (Wildman–Crippen LogP) is 2.68. The Hall–Kier alpha value is -0.930. The number of hydrogen-bond donors (Lipinski definition) is 1. The molecule has 0 bridgehead atoms. The molecule has 0 fully saturated rings. The van der Waals surface area contributed by atoms with Crippen LogP contribution in [-0.2, 0) is 6.54 Å². The first-order valence-electron chi connectivity index (χ1n) is 7.10. The van der Waals surface area contributed by atoms with Gasteiger partial charge in [0, 0.05) is 25.0 Å². The Balaban J connectivity index is 2.29. The molecule has 102 valence electrons. The van der Waals surface area contributed by atoms with Crippen LogP contribution in [0.15, 0.2) is 24.5 Å². The smallest absolute Gasteiger partial charge is 0.0271 e. The summed E-state index contributed by atoms with van der Waals surface area (Å²) in [5.74, 6) is 0. The van der Waals surface area contributed by atoms with Crippen molar-refractivity contribution in [3.8, 4) is 0 Å². The summed E-state index contributed by atoms with van der Waals surface area (Å²) in [6, 6.07) is 4.81. The Morgan fingerprint density at radius 3 is 2.61 bits per heavy atom. The molecule has 0 aliphatic rings. The Bertz CT molecular complexity index is 300. The van der Waals surface area contributed by atoms with E-state index in [-0.39, 0.29) is 0 Å². The Labute approximate surface area is 112 Å². The van der Waals surface area contributed by atoms with Gasteiger partial charge in [-0.15, -0.1) is 0 Å². The van der Waals surface area contributed by atoms with E-state index in [2.05, 4.69) is 48.1 Å². The van der Waals surface area contributed by atoms with Gasteiger partial charge in [-0.2, -0.15) is 0 Å². The van der Waals surface area contributed by atoms with Crippen molar-refractivity contribution < 1.29 is 0 Å². The third kappa shape index (κ3) is 6.12. The molecule has 1 aromatic heterocycles. The minimum absolute atomic E-state index is 0.608. The summed E-state index contributed by atoms with van der Waals surface area (Å²) in [7, 11) is 0. The van der Waals surface area contributed by atoms with Crippen LogP contribution in [0.1, 0.15) is 39.2 Å². The van der Waals surface area contributed by atoms with Crippen molar-refractivity contribution in [2.75, 3.05) is 19.6 Å². The Kier molecular flexibility index (Phi) is 7.62. The average molecular weight is 249 g/mol. The largest absolute Gasteiger partial charge is 0.314 e. The summed E-state index contributed by atoms with van der Waals surface area (Å²) < 4.78 is 0. The van der Waals surface area contributed by atoms with Gasteiger partial charge < -0.3 is 5.32 Å². The highest BCUT2D eigenvalue weighted by Gasteiger charge is 2.06. The van der Waals surface area contributed by atoms with E-state index in [0.717, 1.165) is 26.2 Å². The third-order valence-corrected chi connectivity index (χ3v) is 3.22. The van der Waals surface area contributed by atoms with Crippen molar-refractivity contribution in [3.05, 3.63) is 30.1 Å². The van der Waals surface area contributed by atoms with Crippen LogP contribution in [-0.4, -0.2) is 35.6 Å². The minimum Gasteiger partial charge on any atom is -0.314 e. The second-order valence-electron chi connectivity index (χ2n) is 4.87. The van der Waals surface area contributed by atoms with Gasteiger partial charge in [0.25, 0.3) is 0 Å². The topological polar surface area (TPSA) is 28.2 Å². The van der Waals surface area contributed by atoms with Crippen molar-refractivity contribution in [2.45, 2.75) is 46.2 Å². The first-order chi connectivity index (χ1) is 8.76. The molecule has 0 spiro atoms. The first-order valence-corrected chi connectivity index (χ1v) is 7.10. The van der Waals surface area contributed by atoms with E-state index in [1.165, 1.54) is 18.4 Å². The number of nitrogens with zero attached hydrogens (tertiary/aromatic N) is 2. The molecule has 1 unspecified atom stereocenters. The van der Waals surface area contributed by atoms with Crippen LogP contribution in [0.5, 0.6) is 0 Å². The number of aromatic nitrogens is 1. The van der Waals surface area contributed by atoms with Gasteiger partial charge in [0.05, 0.1) is 0 Å². The van der Waals surface area contributed by atoms with Crippen LogP contribution in [0.4, 0.5) is 0 Å². The van der Waals surface area contributed by atoms with Gasteiger partial charge in [0.2, 0.25) is 0 Å². The molecule has 1 heterocycles. The van der Waals surface area contributed by atoms with Crippen LogP contribution in [0.2, 0.25) is 0 Å². The summed E-state index contributed by atoms with van der Waals surface area (Å²) in [6.07, 6.45) is 6.15. The zero-order valence-electron chi connectivity index (χ0n) is 12.0. The van der Waals surface area contributed by atoms with Crippen molar-refractivity contribution in [1.82, 2.24) is 15.2 Å². The van der Waals surface area contributed by atoms with Gasteiger partial charge in [-0.25, -0.2) is 0 Å². The number of pyridine rings is 1. The fourth-order valence-corrected chi connectivity index (χ4v) is 1.96. The molecular weight excluding hydrogens is 222 g/mol. The molecule has 1 atom stereocenters. The average Bonchev–Trinajstić information content (AvgIpc) is 2.42. The van der Waals surface area contributed by atoms with Gasteiger partial charge >= 0.3 is 0 Å². The van der Waals surface area contributed by atoms with E-state index in [0.29, 0.717) is 6.04 Å². The highest BCUT2D eigenvalue weighted by atomic mass is 15.1. The summed E-state index contributed by atoms with van der Waals surface area (Å²) >= 11 is 0. The maximum Gasteiger partial charge on any atom is 0.0271 e. The van der Waals surface area contributed by atoms with E-state index >= 15 is 0 Å². The SMILES string of the molecule is CCCNC(C)CCN(CC)Cc1ccncc1. The normalized spacial score (nSPS) is 12.9. The van der Waals surface area contributed by atoms with Crippen LogP contribution < -0.4 is 5.32 Å². The van der Waals surface area contributed by atoms with Crippen LogP contribution in [0.25, 0.3) is 0 Å². The fraction of sp³-hybridized carbons (Fsp3) is 0.667. The van der Waals surface area contributed by atoms with Crippen molar-refractivity contribution in [3.63, 3.8) is 0 Å². The molecule has 3 heteroatoms. The Morgan fingerprint density at radius 2 is 2.00 bits per heavy atom. The highest BCUT2D eigenvalue weighted by molar-refractivity contribution is 5.09. The molecule has 0 aliphatic heterocycles. The molecule has 0 radical (unpaired) electrons. The van der Waals surface area contributed by atoms with E-state index in [1.807, 2.05) is 12.4 Å². The van der Waals surface area contributed by atoms with Crippen LogP contribution >= 0.6 is 0 Å². The van der Waals surface area contributed by atoms with Crippen LogP contribution in [0.3, 0.4) is 0 Å². The van der Waals surface area contributed by atoms with Crippen molar-refractivity contribution in [2.24, 2.45) is 0 Å². The molecular formula is C15H27N3. The van der Waals surface area contributed by atoms with Gasteiger partial charge in [0.15, 0.2) is 0 Å². The monoisotopic (exact) mass is 249 g/mol. The van der Waals surface area contributed by atoms with Crippen LogP contribution in [0, 0.1) is 0 Å². The quantitative estimate of drug-likeness (QED) is 0.729. The lowest BCUT2D eigenvalue weighted by molar-refractivity contribution is 0.263. The lowest BCUT2D eigenvalue weighted by Crippen LogP contribution is -2.32. The predicted molar refractivity (Wildman–Crippen MR) is 77.6 cm³/mol. The number of hydrogen-bond acceptors (Lipinski definition) is 3. The van der Waals surface area contributed by atoms with E-state index in [1.54, 1.807) is 0 Å². The molecule has 0 aliphatic carbocycles. The maximum atomic E-state index is 4.06. The van der Waals surface area contributed by atoms with E-state index in [4.69, 9.17) is 0 Å². The Morgan fingerprint density at radius 1 is 1.28 bits per heavy atom. The van der Waals surface area contributed by atoms with Gasteiger partial charge in [-0.1, -0.05) is 13.8 Å². The second-order valence-corrected chi connectivity index (χ2v) is 4.87. The fourth-order valence-electron chi connectivity index (χ4n) is 1.96. The molecule has 1 N–H and O–H groups in total. The lowest BCUT2D eigenvalue weighted by Gasteiger charge is -2.23. The first kappa shape index (κ1) is 15.1. The van der Waals surface area contributed by atoms with Crippen molar-refractivity contribution >= 4 is 0 Å². The molecule has 0 amide bonds. The second kappa shape index (κ2) is 9.06. The van der Waals surface area contributed by atoms with Gasteiger partial charge in [-0.05, 0) is 57.1 Å². The lowest BCUT2D eigenvalue weighted by atomic mass is 10.2. The molecule has 0 saturated heterocycles. The molecule has 0 saturated carbocycles. The minimum atomic E-state index is 0.608. The molecule has 18 heavy (non-hydrogen) atoms. The zero-order valence-corrected chi connectivity index (χ0v) is 12.0. The molecule has 1 rings (SSSR count). The van der Waals surface area contributed by atoms with E-state index in [9.17, 15) is 0 Å². The molecule has 1 aromatic rings. The summed E-state index contributed by atoms with van der Waals surface area (Å²) in [4.78, 5) is 6.54. The highest BCUT2D eigenvalue weighted by Crippen LogP contribution is 2.04. The standard InChI is InChI=1S/C15H27N3/c1-4-9-17-14(3)8-12-18(5-2)13-15-6-10-16-11-7-15/h6-7,10-11,14,17H,4-5,8-9,12-13H2,1-3H3. The summed E-state index contributed by atoms with van der Waals surface area (Å²) in [5, 5.41) is 3.54. The number of rotatable bonds is 9.